The van der Waals surface area contributed by atoms with Crippen LogP contribution in [0, 0.1) is 11.7 Å². The lowest BCUT2D eigenvalue weighted by atomic mass is 9.90. The number of nitrogens with zero attached hydrogens (tertiary/aromatic N) is 2. The molecule has 2 N–H and O–H groups in total. The number of benzene rings is 2. The molecule has 0 saturated carbocycles. The molecule has 1 aliphatic heterocycles. The molecule has 2 heterocycles. The molecule has 3 aromatic rings. The molecule has 1 fully saturated rings. The second kappa shape index (κ2) is 12.6. The summed E-state index contributed by atoms with van der Waals surface area (Å²) in [5, 5.41) is 2.79. The summed E-state index contributed by atoms with van der Waals surface area (Å²) in [5.41, 5.74) is -0.136. The summed E-state index contributed by atoms with van der Waals surface area (Å²) in [7, 11) is -2.25. The van der Waals surface area contributed by atoms with Crippen molar-refractivity contribution in [2.24, 2.45) is 5.92 Å². The third-order valence-corrected chi connectivity index (χ3v) is 7.71. The zero-order valence-electron chi connectivity index (χ0n) is 23.3. The second-order valence-electron chi connectivity index (χ2n) is 10.4. The van der Waals surface area contributed by atoms with Crippen molar-refractivity contribution in [2.75, 3.05) is 36.1 Å². The van der Waals surface area contributed by atoms with Crippen molar-refractivity contribution >= 4 is 27.4 Å². The van der Waals surface area contributed by atoms with Gasteiger partial charge in [0.2, 0.25) is 15.9 Å². The lowest BCUT2D eigenvalue weighted by molar-refractivity contribution is -0.141. The second-order valence-corrected chi connectivity index (χ2v) is 12.1. The van der Waals surface area contributed by atoms with E-state index < -0.39 is 39.5 Å². The zero-order chi connectivity index (χ0) is 30.7. The van der Waals surface area contributed by atoms with Crippen LogP contribution < -0.4 is 19.7 Å². The van der Waals surface area contributed by atoms with Crippen molar-refractivity contribution < 1.29 is 35.5 Å². The Hall–Kier alpha value is -3.87. The molecule has 0 spiro atoms. The Morgan fingerprint density at radius 1 is 1.07 bits per heavy atom. The topological polar surface area (TPSA) is 101 Å². The van der Waals surface area contributed by atoms with E-state index in [4.69, 9.17) is 4.74 Å². The number of hydrogen-bond acceptors (Lipinski definition) is 6. The Labute approximate surface area is 242 Å². The number of rotatable bonds is 9. The van der Waals surface area contributed by atoms with Crippen molar-refractivity contribution in [1.29, 1.82) is 0 Å². The van der Waals surface area contributed by atoms with Gasteiger partial charge in [0, 0.05) is 25.2 Å². The minimum Gasteiger partial charge on any atom is -0.497 e. The SMILES string of the molecule is COc1ccc(C(C(=O)NCc2ccc(C(F)(F)F)nc2N2CCC(C)CC2)c2ccc(NS(C)(=O)=O)c(F)c2)cc1. The summed E-state index contributed by atoms with van der Waals surface area (Å²) in [5.74, 6) is -1.30. The number of ether oxygens (including phenoxy) is 1. The van der Waals surface area contributed by atoms with Gasteiger partial charge in [0.25, 0.3) is 0 Å². The largest absolute Gasteiger partial charge is 0.497 e. The van der Waals surface area contributed by atoms with Gasteiger partial charge in [-0.15, -0.1) is 0 Å². The van der Waals surface area contributed by atoms with Gasteiger partial charge in [0.05, 0.1) is 25.0 Å². The van der Waals surface area contributed by atoms with E-state index in [0.717, 1.165) is 31.2 Å². The molecule has 0 radical (unpaired) electrons. The molecule has 1 aromatic heterocycles. The van der Waals surface area contributed by atoms with Gasteiger partial charge in [-0.2, -0.15) is 13.2 Å². The summed E-state index contributed by atoms with van der Waals surface area (Å²) >= 11 is 0. The first-order chi connectivity index (χ1) is 19.7. The Balaban J connectivity index is 1.65. The number of halogens is 4. The number of carbonyl (C=O) groups excluding carboxylic acids is 1. The Kier molecular flexibility index (Phi) is 9.29. The van der Waals surface area contributed by atoms with Crippen molar-refractivity contribution in [3.63, 3.8) is 0 Å². The van der Waals surface area contributed by atoms with Gasteiger partial charge in [-0.25, -0.2) is 17.8 Å². The van der Waals surface area contributed by atoms with E-state index in [2.05, 4.69) is 21.9 Å². The number of pyridine rings is 1. The van der Waals surface area contributed by atoms with Crippen LogP contribution in [0.3, 0.4) is 0 Å². The normalized spacial score (nSPS) is 15.3. The summed E-state index contributed by atoms with van der Waals surface area (Å²) in [6, 6.07) is 12.5. The van der Waals surface area contributed by atoms with Crippen LogP contribution in [0.5, 0.6) is 5.75 Å². The Morgan fingerprint density at radius 2 is 1.71 bits per heavy atom. The lowest BCUT2D eigenvalue weighted by Gasteiger charge is -2.33. The summed E-state index contributed by atoms with van der Waals surface area (Å²) in [6.07, 6.45) is -2.12. The third kappa shape index (κ3) is 7.69. The predicted octanol–water partition coefficient (Wildman–Crippen LogP) is 5.30. The standard InChI is InChI=1S/C29H32F4N4O4S/c1-18-12-14-37(15-13-18)27-21(7-11-25(35-27)29(31,32)33)17-34-28(38)26(19-4-8-22(41-2)9-5-19)20-6-10-24(23(30)16-20)36-42(3,39)40/h4-11,16,18,26,36H,12-15,17H2,1-3H3,(H,34,38). The monoisotopic (exact) mass is 608 g/mol. The maximum Gasteiger partial charge on any atom is 0.433 e. The maximum absolute atomic E-state index is 14.9. The van der Waals surface area contributed by atoms with Crippen LogP contribution in [0.15, 0.2) is 54.6 Å². The van der Waals surface area contributed by atoms with Crippen LogP contribution in [-0.2, 0) is 27.5 Å². The average Bonchev–Trinajstić information content (AvgIpc) is 2.93. The molecule has 4 rings (SSSR count). The summed E-state index contributed by atoms with van der Waals surface area (Å²) in [4.78, 5) is 19.4. The number of anilines is 2. The lowest BCUT2D eigenvalue weighted by Crippen LogP contribution is -2.36. The fourth-order valence-electron chi connectivity index (χ4n) is 4.84. The Bertz CT molecular complexity index is 1520. The molecule has 1 aliphatic rings. The van der Waals surface area contributed by atoms with E-state index in [-0.39, 0.29) is 23.6 Å². The highest BCUT2D eigenvalue weighted by Gasteiger charge is 2.34. The fourth-order valence-corrected chi connectivity index (χ4v) is 5.40. The highest BCUT2D eigenvalue weighted by molar-refractivity contribution is 7.92. The minimum absolute atomic E-state index is 0.117. The first kappa shape index (κ1) is 31.1. The van der Waals surface area contributed by atoms with Gasteiger partial charge in [-0.05, 0) is 60.2 Å². The molecule has 1 atom stereocenters. The smallest absolute Gasteiger partial charge is 0.433 e. The number of piperidine rings is 1. The predicted molar refractivity (Wildman–Crippen MR) is 151 cm³/mol. The van der Waals surface area contributed by atoms with Crippen LogP contribution in [0.2, 0.25) is 0 Å². The van der Waals surface area contributed by atoms with Gasteiger partial charge < -0.3 is 15.0 Å². The molecule has 0 bridgehead atoms. The fraction of sp³-hybridized carbons (Fsp3) is 0.379. The molecule has 42 heavy (non-hydrogen) atoms. The highest BCUT2D eigenvalue weighted by atomic mass is 32.2. The molecule has 2 aromatic carbocycles. The van der Waals surface area contributed by atoms with E-state index in [0.29, 0.717) is 35.9 Å². The number of methoxy groups -OCH3 is 1. The van der Waals surface area contributed by atoms with Crippen molar-refractivity contribution in [2.45, 2.75) is 38.4 Å². The number of sulfonamides is 1. The first-order valence-electron chi connectivity index (χ1n) is 13.3. The molecule has 226 valence electrons. The van der Waals surface area contributed by atoms with E-state index in [9.17, 15) is 30.8 Å². The molecular weight excluding hydrogens is 576 g/mol. The quantitative estimate of drug-likeness (QED) is 0.320. The zero-order valence-corrected chi connectivity index (χ0v) is 24.2. The van der Waals surface area contributed by atoms with Gasteiger partial charge in [-0.3, -0.25) is 9.52 Å². The van der Waals surface area contributed by atoms with E-state index in [1.165, 1.54) is 25.3 Å². The van der Waals surface area contributed by atoms with Crippen LogP contribution in [0.1, 0.15) is 48.1 Å². The number of carbonyl (C=O) groups is 1. The van der Waals surface area contributed by atoms with E-state index in [1.54, 1.807) is 29.2 Å². The molecule has 0 aliphatic carbocycles. The Morgan fingerprint density at radius 3 is 2.29 bits per heavy atom. The van der Waals surface area contributed by atoms with Crippen molar-refractivity contribution in [3.8, 4) is 5.75 Å². The summed E-state index contributed by atoms with van der Waals surface area (Å²) < 4.78 is 85.9. The minimum atomic E-state index is -4.62. The third-order valence-electron chi connectivity index (χ3n) is 7.12. The molecule has 8 nitrogen and oxygen atoms in total. The van der Waals surface area contributed by atoms with Crippen molar-refractivity contribution in [1.82, 2.24) is 10.3 Å². The van der Waals surface area contributed by atoms with E-state index in [1.807, 2.05) is 0 Å². The van der Waals surface area contributed by atoms with Crippen LogP contribution >= 0.6 is 0 Å². The van der Waals surface area contributed by atoms with Crippen LogP contribution in [-0.4, -0.2) is 45.8 Å². The van der Waals surface area contributed by atoms with Gasteiger partial charge in [-0.1, -0.05) is 31.2 Å². The van der Waals surface area contributed by atoms with Gasteiger partial charge >= 0.3 is 6.18 Å². The van der Waals surface area contributed by atoms with Crippen molar-refractivity contribution in [3.05, 3.63) is 82.8 Å². The average molecular weight is 609 g/mol. The maximum atomic E-state index is 14.9. The van der Waals surface area contributed by atoms with Crippen LogP contribution in [0.25, 0.3) is 0 Å². The number of alkyl halides is 3. The molecule has 1 unspecified atom stereocenters. The van der Waals surface area contributed by atoms with Gasteiger partial charge in [0.15, 0.2) is 0 Å². The molecule has 13 heteroatoms. The number of nitrogens with one attached hydrogen (secondary N) is 2. The van der Waals surface area contributed by atoms with Crippen LogP contribution in [0.4, 0.5) is 29.1 Å². The number of amides is 1. The van der Waals surface area contributed by atoms with Gasteiger partial charge in [0.1, 0.15) is 23.1 Å². The molecule has 1 amide bonds. The number of hydrogen-bond donors (Lipinski definition) is 2. The molecule has 1 saturated heterocycles. The first-order valence-corrected chi connectivity index (χ1v) is 15.1. The number of aromatic nitrogens is 1. The van der Waals surface area contributed by atoms with E-state index >= 15 is 0 Å². The molecular formula is C29H32F4N4O4S. The highest BCUT2D eigenvalue weighted by Crippen LogP contribution is 2.33. The summed E-state index contributed by atoms with van der Waals surface area (Å²) in [6.45, 7) is 3.05.